The Kier molecular flexibility index (Phi) is 5.20. The molecule has 0 unspecified atom stereocenters. The van der Waals surface area contributed by atoms with E-state index in [1.54, 1.807) is 0 Å². The molecule has 0 saturated carbocycles. The number of hydrogen-bond donors (Lipinski definition) is 0. The molecule has 0 saturated heterocycles. The summed E-state index contributed by atoms with van der Waals surface area (Å²) in [5.74, 6) is 0. The Balaban J connectivity index is 1.26. The summed E-state index contributed by atoms with van der Waals surface area (Å²) >= 11 is 0. The SMILES string of the molecule is c1ccc(-c2nc3cccc4c5cc(-n6c7ccc8ccccc8c7c7ccc8c(c9ccccc9n8-c8ccccc8)c76)ccc5c2n34)cc1. The third-order valence-electron chi connectivity index (χ3n) is 10.9. The van der Waals surface area contributed by atoms with Crippen LogP contribution >= 0.6 is 0 Å². The van der Waals surface area contributed by atoms with Crippen LogP contribution in [0, 0.1) is 0 Å². The van der Waals surface area contributed by atoms with Crippen LogP contribution in [-0.2, 0) is 0 Å². The molecule has 0 spiro atoms. The minimum absolute atomic E-state index is 0.970. The Morgan fingerprint density at radius 3 is 1.96 bits per heavy atom. The molecule has 236 valence electrons. The molecule has 5 aromatic heterocycles. The summed E-state index contributed by atoms with van der Waals surface area (Å²) in [5.41, 5.74) is 12.6. The molecular formula is C47H28N4. The maximum Gasteiger partial charge on any atom is 0.138 e. The first-order chi connectivity index (χ1) is 25.3. The lowest BCUT2D eigenvalue weighted by Crippen LogP contribution is -1.95. The monoisotopic (exact) mass is 648 g/mol. The molecule has 4 nitrogen and oxygen atoms in total. The third kappa shape index (κ3) is 3.50. The summed E-state index contributed by atoms with van der Waals surface area (Å²) in [5, 5.41) is 10.0. The van der Waals surface area contributed by atoms with Gasteiger partial charge in [-0.2, -0.15) is 0 Å². The molecule has 12 aromatic rings. The van der Waals surface area contributed by atoms with Gasteiger partial charge in [0.1, 0.15) is 5.65 Å². The molecule has 0 aliphatic heterocycles. The van der Waals surface area contributed by atoms with Gasteiger partial charge in [-0.05, 0) is 65.4 Å². The maximum atomic E-state index is 5.12. The first-order valence-electron chi connectivity index (χ1n) is 17.5. The van der Waals surface area contributed by atoms with Crippen molar-refractivity contribution in [2.45, 2.75) is 0 Å². The summed E-state index contributed by atoms with van der Waals surface area (Å²) in [4.78, 5) is 5.12. The maximum absolute atomic E-state index is 5.12. The van der Waals surface area contributed by atoms with Crippen LogP contribution in [0.25, 0.3) is 104 Å². The van der Waals surface area contributed by atoms with E-state index in [-0.39, 0.29) is 0 Å². The number of hydrogen-bond acceptors (Lipinski definition) is 1. The Hall–Kier alpha value is -6.91. The summed E-state index contributed by atoms with van der Waals surface area (Å²) in [7, 11) is 0. The number of rotatable bonds is 3. The van der Waals surface area contributed by atoms with Crippen LogP contribution in [0.1, 0.15) is 0 Å². The van der Waals surface area contributed by atoms with Gasteiger partial charge >= 0.3 is 0 Å². The molecule has 0 aliphatic rings. The topological polar surface area (TPSA) is 27.2 Å². The van der Waals surface area contributed by atoms with Crippen molar-refractivity contribution in [2.75, 3.05) is 0 Å². The van der Waals surface area contributed by atoms with Crippen LogP contribution in [0.3, 0.4) is 0 Å². The molecule has 0 N–H and O–H groups in total. The smallest absolute Gasteiger partial charge is 0.138 e. The van der Waals surface area contributed by atoms with Crippen LogP contribution in [-0.4, -0.2) is 18.5 Å². The summed E-state index contributed by atoms with van der Waals surface area (Å²) in [6, 6.07) is 61.7. The number of aromatic nitrogens is 4. The van der Waals surface area contributed by atoms with Crippen molar-refractivity contribution in [2.24, 2.45) is 0 Å². The van der Waals surface area contributed by atoms with Crippen LogP contribution in [0.2, 0.25) is 0 Å². The van der Waals surface area contributed by atoms with Crippen LogP contribution in [0.5, 0.6) is 0 Å². The fourth-order valence-electron chi connectivity index (χ4n) is 8.89. The lowest BCUT2D eigenvalue weighted by atomic mass is 10.0. The molecule has 0 fully saturated rings. The average Bonchev–Trinajstić information content (AvgIpc) is 3.94. The third-order valence-corrected chi connectivity index (χ3v) is 10.9. The van der Waals surface area contributed by atoms with Gasteiger partial charge in [-0.3, -0.25) is 4.40 Å². The molecule has 0 aliphatic carbocycles. The van der Waals surface area contributed by atoms with Gasteiger partial charge in [-0.1, -0.05) is 115 Å². The number of benzene rings is 7. The highest BCUT2D eigenvalue weighted by Gasteiger charge is 2.24. The van der Waals surface area contributed by atoms with Crippen molar-refractivity contribution in [1.29, 1.82) is 0 Å². The summed E-state index contributed by atoms with van der Waals surface area (Å²) in [6.07, 6.45) is 0. The molecular weight excluding hydrogens is 621 g/mol. The van der Waals surface area contributed by atoms with E-state index in [0.29, 0.717) is 0 Å². The normalized spacial score (nSPS) is 12.3. The van der Waals surface area contributed by atoms with Gasteiger partial charge in [0, 0.05) is 49.3 Å². The Bertz CT molecular complexity index is 3340. The highest BCUT2D eigenvalue weighted by Crippen LogP contribution is 2.45. The fourth-order valence-corrected chi connectivity index (χ4v) is 8.89. The molecule has 7 aromatic carbocycles. The molecule has 5 heterocycles. The van der Waals surface area contributed by atoms with Crippen molar-refractivity contribution in [1.82, 2.24) is 18.5 Å². The van der Waals surface area contributed by atoms with E-state index >= 15 is 0 Å². The van der Waals surface area contributed by atoms with Gasteiger partial charge in [-0.15, -0.1) is 0 Å². The second-order valence-electron chi connectivity index (χ2n) is 13.6. The van der Waals surface area contributed by atoms with Gasteiger partial charge in [0.05, 0.1) is 38.8 Å². The molecule has 0 atom stereocenters. The van der Waals surface area contributed by atoms with Crippen molar-refractivity contribution < 1.29 is 0 Å². The van der Waals surface area contributed by atoms with Crippen LogP contribution in [0.15, 0.2) is 170 Å². The second kappa shape index (κ2) is 9.84. The molecule has 0 amide bonds. The number of nitrogens with zero attached hydrogens (tertiary/aromatic N) is 4. The predicted octanol–water partition coefficient (Wildman–Crippen LogP) is 12.1. The average molecular weight is 649 g/mol. The van der Waals surface area contributed by atoms with Gasteiger partial charge < -0.3 is 9.13 Å². The van der Waals surface area contributed by atoms with Crippen molar-refractivity contribution in [3.63, 3.8) is 0 Å². The lowest BCUT2D eigenvalue weighted by molar-refractivity contribution is 1.18. The van der Waals surface area contributed by atoms with E-state index in [4.69, 9.17) is 4.98 Å². The highest BCUT2D eigenvalue weighted by molar-refractivity contribution is 6.30. The zero-order chi connectivity index (χ0) is 33.2. The first-order valence-corrected chi connectivity index (χ1v) is 17.5. The zero-order valence-corrected chi connectivity index (χ0v) is 27.5. The van der Waals surface area contributed by atoms with Crippen molar-refractivity contribution in [3.8, 4) is 22.6 Å². The second-order valence-corrected chi connectivity index (χ2v) is 13.6. The van der Waals surface area contributed by atoms with E-state index < -0.39 is 0 Å². The molecule has 0 bridgehead atoms. The van der Waals surface area contributed by atoms with Gasteiger partial charge in [-0.25, -0.2) is 4.98 Å². The standard InChI is InChI=1S/C47H28N4/c1-3-13-30(14-4-1)45-47-34-24-23-32(28-37(34)39-20-11-21-42(48-45)51(39)47)50-40-26-22-29-12-7-8-17-33(29)43(40)36-25-27-41-44(46(36)50)35-18-9-10-19-38(35)49(41)31-15-5-2-6-16-31/h1-28H. The Morgan fingerprint density at radius 2 is 1.08 bits per heavy atom. The zero-order valence-electron chi connectivity index (χ0n) is 27.5. The first kappa shape index (κ1) is 27.0. The van der Waals surface area contributed by atoms with E-state index in [1.807, 2.05) is 0 Å². The fraction of sp³-hybridized carbons (Fsp3) is 0. The highest BCUT2D eigenvalue weighted by atomic mass is 15.0. The molecule has 51 heavy (non-hydrogen) atoms. The van der Waals surface area contributed by atoms with E-state index in [2.05, 4.69) is 183 Å². The van der Waals surface area contributed by atoms with Crippen molar-refractivity contribution in [3.05, 3.63) is 170 Å². The van der Waals surface area contributed by atoms with Gasteiger partial charge in [0.25, 0.3) is 0 Å². The van der Waals surface area contributed by atoms with Gasteiger partial charge in [0.2, 0.25) is 0 Å². The summed E-state index contributed by atoms with van der Waals surface area (Å²) < 4.78 is 7.27. The minimum Gasteiger partial charge on any atom is -0.309 e. The molecule has 4 heteroatoms. The number of para-hydroxylation sites is 2. The molecule has 12 rings (SSSR count). The molecule has 0 radical (unpaired) electrons. The van der Waals surface area contributed by atoms with E-state index in [0.717, 1.165) is 33.8 Å². The van der Waals surface area contributed by atoms with Gasteiger partial charge in [0.15, 0.2) is 0 Å². The van der Waals surface area contributed by atoms with E-state index in [1.165, 1.54) is 70.7 Å². The Labute approximate surface area is 292 Å². The Morgan fingerprint density at radius 1 is 0.373 bits per heavy atom. The lowest BCUT2D eigenvalue weighted by Gasteiger charge is -2.11. The number of pyridine rings is 1. The number of fused-ring (bicyclic) bond motifs is 12. The van der Waals surface area contributed by atoms with Crippen molar-refractivity contribution >= 4 is 81.8 Å². The minimum atomic E-state index is 0.970. The largest absolute Gasteiger partial charge is 0.309 e. The quantitative estimate of drug-likeness (QED) is 0.187. The summed E-state index contributed by atoms with van der Waals surface area (Å²) in [6.45, 7) is 0. The van der Waals surface area contributed by atoms with Crippen LogP contribution in [0.4, 0.5) is 0 Å². The predicted molar refractivity (Wildman–Crippen MR) is 213 cm³/mol. The van der Waals surface area contributed by atoms with Crippen LogP contribution < -0.4 is 0 Å². The van der Waals surface area contributed by atoms with E-state index in [9.17, 15) is 0 Å². The number of imidazole rings is 1.